The summed E-state index contributed by atoms with van der Waals surface area (Å²) in [7, 11) is 0. The lowest BCUT2D eigenvalue weighted by Crippen LogP contribution is -1.97. The van der Waals surface area contributed by atoms with Gasteiger partial charge in [0.1, 0.15) is 0 Å². The molecule has 5 aromatic carbocycles. The van der Waals surface area contributed by atoms with E-state index in [-0.39, 0.29) is 0 Å². The van der Waals surface area contributed by atoms with Crippen LogP contribution >= 0.6 is 15.9 Å². The summed E-state index contributed by atoms with van der Waals surface area (Å²) in [6.07, 6.45) is 0. The molecule has 6 aromatic rings. The molecule has 4 heteroatoms. The van der Waals surface area contributed by atoms with Gasteiger partial charge >= 0.3 is 0 Å². The number of hydrogen-bond donors (Lipinski definition) is 0. The van der Waals surface area contributed by atoms with Crippen molar-refractivity contribution in [2.45, 2.75) is 0 Å². The van der Waals surface area contributed by atoms with Crippen LogP contribution in [-0.2, 0) is 0 Å². The molecule has 0 unspecified atom stereocenters. The van der Waals surface area contributed by atoms with Crippen LogP contribution in [0.15, 0.2) is 114 Å². The van der Waals surface area contributed by atoms with Crippen LogP contribution in [-0.4, -0.2) is 15.0 Å². The van der Waals surface area contributed by atoms with Crippen molar-refractivity contribution in [2.75, 3.05) is 0 Å². The maximum atomic E-state index is 4.78. The fourth-order valence-electron chi connectivity index (χ4n) is 5.08. The summed E-state index contributed by atoms with van der Waals surface area (Å²) >= 11 is 3.48. The number of hydrogen-bond acceptors (Lipinski definition) is 3. The minimum absolute atomic E-state index is 0.523. The van der Waals surface area contributed by atoms with E-state index in [9.17, 15) is 0 Å². The van der Waals surface area contributed by atoms with Gasteiger partial charge in [0.05, 0.1) is 0 Å². The third-order valence-corrected chi connectivity index (χ3v) is 6.97. The van der Waals surface area contributed by atoms with E-state index in [0.717, 1.165) is 16.7 Å². The second-order valence-electron chi connectivity index (χ2n) is 8.63. The molecular weight excluding hydrogens is 494 g/mol. The number of benzene rings is 5. The molecule has 0 N–H and O–H groups in total. The summed E-state index contributed by atoms with van der Waals surface area (Å²) in [5.41, 5.74) is 9.48. The molecule has 164 valence electrons. The molecule has 7 rings (SSSR count). The van der Waals surface area contributed by atoms with E-state index in [0.29, 0.717) is 16.4 Å². The van der Waals surface area contributed by atoms with Crippen LogP contribution < -0.4 is 0 Å². The Hall–Kier alpha value is -4.15. The fraction of sp³-hybridized carbons (Fsp3) is 0. The van der Waals surface area contributed by atoms with Gasteiger partial charge in [-0.2, -0.15) is 0 Å². The molecule has 0 amide bonds. The topological polar surface area (TPSA) is 38.7 Å². The Morgan fingerprint density at radius 1 is 0.429 bits per heavy atom. The molecule has 1 aromatic heterocycles. The SMILES string of the molecule is Brc1nc(-c2ccccc2)nc(-c2cccc(-c3ccc4c5c(cccc35)-c3ccccc3-4)c2)n1. The molecule has 0 saturated heterocycles. The molecule has 1 aliphatic rings. The van der Waals surface area contributed by atoms with Crippen molar-refractivity contribution in [3.8, 4) is 56.2 Å². The first-order valence-electron chi connectivity index (χ1n) is 11.5. The van der Waals surface area contributed by atoms with Crippen LogP contribution in [0.3, 0.4) is 0 Å². The minimum Gasteiger partial charge on any atom is -0.208 e. The van der Waals surface area contributed by atoms with Crippen molar-refractivity contribution in [2.24, 2.45) is 0 Å². The van der Waals surface area contributed by atoms with Gasteiger partial charge in [-0.1, -0.05) is 103 Å². The van der Waals surface area contributed by atoms with Gasteiger partial charge in [-0.3, -0.25) is 0 Å². The van der Waals surface area contributed by atoms with Crippen molar-refractivity contribution < 1.29 is 0 Å². The Kier molecular flexibility index (Phi) is 4.61. The zero-order valence-electron chi connectivity index (χ0n) is 18.6. The Bertz CT molecular complexity index is 1730. The van der Waals surface area contributed by atoms with Gasteiger partial charge in [0, 0.05) is 11.1 Å². The second kappa shape index (κ2) is 7.97. The Morgan fingerprint density at radius 3 is 1.80 bits per heavy atom. The number of nitrogens with zero attached hydrogens (tertiary/aromatic N) is 3. The number of fused-ring (bicyclic) bond motifs is 3. The lowest BCUT2D eigenvalue weighted by molar-refractivity contribution is 1.03. The van der Waals surface area contributed by atoms with Crippen LogP contribution in [0.1, 0.15) is 0 Å². The van der Waals surface area contributed by atoms with Gasteiger partial charge in [0.15, 0.2) is 11.6 Å². The van der Waals surface area contributed by atoms with Crippen LogP contribution in [0.4, 0.5) is 0 Å². The van der Waals surface area contributed by atoms with E-state index in [1.807, 2.05) is 30.3 Å². The summed E-state index contributed by atoms with van der Waals surface area (Å²) < 4.78 is 0.523. The first kappa shape index (κ1) is 20.2. The highest BCUT2D eigenvalue weighted by Gasteiger charge is 2.22. The zero-order valence-corrected chi connectivity index (χ0v) is 20.2. The summed E-state index contributed by atoms with van der Waals surface area (Å²) in [4.78, 5) is 13.9. The Balaban J connectivity index is 1.38. The van der Waals surface area contributed by atoms with E-state index in [4.69, 9.17) is 4.98 Å². The first-order chi connectivity index (χ1) is 17.3. The van der Waals surface area contributed by atoms with Crippen molar-refractivity contribution in [3.05, 3.63) is 114 Å². The average Bonchev–Trinajstić information content (AvgIpc) is 3.25. The van der Waals surface area contributed by atoms with E-state index in [2.05, 4.69) is 105 Å². The smallest absolute Gasteiger partial charge is 0.200 e. The number of halogens is 1. The summed E-state index contributed by atoms with van der Waals surface area (Å²) in [5, 5.41) is 2.58. The fourth-order valence-corrected chi connectivity index (χ4v) is 5.42. The lowest BCUT2D eigenvalue weighted by Gasteiger charge is -2.11. The molecule has 1 heterocycles. The van der Waals surface area contributed by atoms with Crippen molar-refractivity contribution in [3.63, 3.8) is 0 Å². The van der Waals surface area contributed by atoms with Crippen LogP contribution in [0.2, 0.25) is 0 Å². The van der Waals surface area contributed by atoms with Gasteiger partial charge in [0.2, 0.25) is 4.73 Å². The van der Waals surface area contributed by atoms with Gasteiger partial charge in [0.25, 0.3) is 0 Å². The third-order valence-electron chi connectivity index (χ3n) is 6.62. The summed E-state index contributed by atoms with van der Waals surface area (Å²) in [6, 6.07) is 38.2. The molecule has 3 nitrogen and oxygen atoms in total. The maximum Gasteiger partial charge on any atom is 0.200 e. The third kappa shape index (κ3) is 3.29. The molecule has 1 aliphatic carbocycles. The first-order valence-corrected chi connectivity index (χ1v) is 12.3. The Labute approximate surface area is 211 Å². The number of rotatable bonds is 3. The quantitative estimate of drug-likeness (QED) is 0.239. The highest BCUT2D eigenvalue weighted by Crippen LogP contribution is 2.49. The Morgan fingerprint density at radius 2 is 1.00 bits per heavy atom. The standard InChI is InChI=1S/C31H18BrN3/c32-31-34-29(19-8-2-1-3-9-19)33-30(35-31)21-11-6-10-20(18-21)22-16-17-27-24-13-5-4-12-23(24)26-15-7-14-25(22)28(26)27/h1-18H. The predicted octanol–water partition coefficient (Wildman–Crippen LogP) is 8.44. The predicted molar refractivity (Wildman–Crippen MR) is 146 cm³/mol. The van der Waals surface area contributed by atoms with Crippen molar-refractivity contribution in [1.82, 2.24) is 15.0 Å². The largest absolute Gasteiger partial charge is 0.208 e. The molecular formula is C31H18BrN3. The van der Waals surface area contributed by atoms with Crippen LogP contribution in [0.25, 0.3) is 66.9 Å². The van der Waals surface area contributed by atoms with Gasteiger partial charge in [-0.05, 0) is 66.1 Å². The molecule has 0 saturated carbocycles. The molecule has 0 atom stereocenters. The monoisotopic (exact) mass is 511 g/mol. The van der Waals surface area contributed by atoms with Crippen LogP contribution in [0.5, 0.6) is 0 Å². The molecule has 0 spiro atoms. The van der Waals surface area contributed by atoms with Gasteiger partial charge in [-0.15, -0.1) is 0 Å². The van der Waals surface area contributed by atoms with E-state index in [1.54, 1.807) is 0 Å². The van der Waals surface area contributed by atoms with Gasteiger partial charge < -0.3 is 0 Å². The van der Waals surface area contributed by atoms with E-state index < -0.39 is 0 Å². The van der Waals surface area contributed by atoms with Crippen molar-refractivity contribution in [1.29, 1.82) is 0 Å². The van der Waals surface area contributed by atoms with E-state index in [1.165, 1.54) is 38.6 Å². The zero-order chi connectivity index (χ0) is 23.4. The highest BCUT2D eigenvalue weighted by molar-refractivity contribution is 9.10. The molecule has 0 bridgehead atoms. The number of aromatic nitrogens is 3. The summed E-state index contributed by atoms with van der Waals surface area (Å²) in [6.45, 7) is 0. The molecule has 35 heavy (non-hydrogen) atoms. The van der Waals surface area contributed by atoms with E-state index >= 15 is 0 Å². The lowest BCUT2D eigenvalue weighted by atomic mass is 9.93. The highest BCUT2D eigenvalue weighted by atomic mass is 79.9. The summed E-state index contributed by atoms with van der Waals surface area (Å²) in [5.74, 6) is 1.29. The van der Waals surface area contributed by atoms with Crippen LogP contribution in [0, 0.1) is 0 Å². The minimum atomic E-state index is 0.523. The molecule has 0 radical (unpaired) electrons. The average molecular weight is 512 g/mol. The van der Waals surface area contributed by atoms with Crippen molar-refractivity contribution >= 4 is 26.7 Å². The second-order valence-corrected chi connectivity index (χ2v) is 9.34. The molecule has 0 aliphatic heterocycles. The normalized spacial score (nSPS) is 11.6. The van der Waals surface area contributed by atoms with Gasteiger partial charge in [-0.25, -0.2) is 15.0 Å². The molecule has 0 fully saturated rings. The maximum absolute atomic E-state index is 4.78.